The number of pyridine rings is 1. The van der Waals surface area contributed by atoms with E-state index in [0.717, 1.165) is 33.9 Å². The Kier molecular flexibility index (Phi) is 6.47. The number of para-hydroxylation sites is 1. The molecule has 2 aliphatic heterocycles. The van der Waals surface area contributed by atoms with Crippen molar-refractivity contribution in [3.8, 4) is 0 Å². The van der Waals surface area contributed by atoms with Crippen LogP contribution in [0.1, 0.15) is 24.8 Å². The number of hydrogen-bond acceptors (Lipinski definition) is 6. The zero-order valence-electron chi connectivity index (χ0n) is 16.4. The van der Waals surface area contributed by atoms with Crippen molar-refractivity contribution in [2.45, 2.75) is 31.9 Å². The van der Waals surface area contributed by atoms with Crippen LogP contribution in [0.5, 0.6) is 0 Å². The van der Waals surface area contributed by atoms with Crippen LogP contribution in [-0.4, -0.2) is 52.2 Å². The molecule has 1 N–H and O–H groups in total. The van der Waals surface area contributed by atoms with E-state index in [1.54, 1.807) is 6.20 Å². The summed E-state index contributed by atoms with van der Waals surface area (Å²) in [7, 11) is 0. The summed E-state index contributed by atoms with van der Waals surface area (Å²) in [6.07, 6.45) is 3.35. The summed E-state index contributed by atoms with van der Waals surface area (Å²) in [5, 5.41) is 7.76. The number of nitrogens with one attached hydrogen (secondary N) is 1. The molecule has 0 bridgehead atoms. The number of nitrogens with zero attached hydrogens (tertiary/aromatic N) is 3. The van der Waals surface area contributed by atoms with Crippen molar-refractivity contribution in [3.63, 3.8) is 0 Å². The first-order valence-electron chi connectivity index (χ1n) is 9.99. The highest BCUT2D eigenvalue weighted by atomic mass is 79.9. The largest absolute Gasteiger partial charge is 0.444 e. The molecule has 0 aliphatic carbocycles. The van der Waals surface area contributed by atoms with Crippen LogP contribution in [0, 0.1) is 5.92 Å². The molecule has 4 rings (SSSR count). The molecule has 1 aromatic carbocycles. The number of likely N-dealkylation sites (tertiary alicyclic amines) is 1. The minimum atomic E-state index is -0.506. The summed E-state index contributed by atoms with van der Waals surface area (Å²) in [6.45, 7) is 1.57. The number of halogens is 1. The average Bonchev–Trinajstić information content (AvgIpc) is 3.26. The fourth-order valence-electron chi connectivity index (χ4n) is 3.72. The first-order valence-corrected chi connectivity index (χ1v) is 10.8. The predicted molar refractivity (Wildman–Crippen MR) is 115 cm³/mol. The van der Waals surface area contributed by atoms with Gasteiger partial charge in [0.25, 0.3) is 0 Å². The highest BCUT2D eigenvalue weighted by Crippen LogP contribution is 2.20. The third-order valence-corrected chi connectivity index (χ3v) is 5.76. The Morgan fingerprint density at radius 3 is 3.07 bits per heavy atom. The molecule has 3 heterocycles. The van der Waals surface area contributed by atoms with Gasteiger partial charge in [-0.15, -0.1) is 0 Å². The predicted octanol–water partition coefficient (Wildman–Crippen LogP) is 3.20. The van der Waals surface area contributed by atoms with Gasteiger partial charge in [-0.2, -0.15) is 0 Å². The van der Waals surface area contributed by atoms with Gasteiger partial charge >= 0.3 is 6.09 Å². The molecule has 158 valence electrons. The van der Waals surface area contributed by atoms with Crippen LogP contribution >= 0.6 is 15.9 Å². The molecule has 30 heavy (non-hydrogen) atoms. The SMILES string of the molecule is O=C(NCC1CON=C(Br)C1)[C@@H]1CCCN1C(=O)OCc1cnc2ccccc2c1. The first-order chi connectivity index (χ1) is 14.6. The number of rotatable bonds is 5. The Morgan fingerprint density at radius 2 is 2.20 bits per heavy atom. The highest BCUT2D eigenvalue weighted by molar-refractivity contribution is 9.18. The average molecular weight is 475 g/mol. The second-order valence-corrected chi connectivity index (χ2v) is 8.44. The van der Waals surface area contributed by atoms with E-state index >= 15 is 0 Å². The third kappa shape index (κ3) is 4.89. The normalized spacial score (nSPS) is 21.1. The van der Waals surface area contributed by atoms with Crippen LogP contribution in [0.25, 0.3) is 10.9 Å². The van der Waals surface area contributed by atoms with Crippen molar-refractivity contribution in [2.24, 2.45) is 11.1 Å². The summed E-state index contributed by atoms with van der Waals surface area (Å²) in [5.74, 6) is -0.00140. The number of ether oxygens (including phenoxy) is 1. The molecule has 1 fully saturated rings. The summed E-state index contributed by atoms with van der Waals surface area (Å²) in [4.78, 5) is 36.3. The number of oxime groups is 1. The van der Waals surface area contributed by atoms with Crippen molar-refractivity contribution in [1.29, 1.82) is 0 Å². The number of hydrogen-bond donors (Lipinski definition) is 1. The van der Waals surface area contributed by atoms with Crippen molar-refractivity contribution < 1.29 is 19.2 Å². The molecule has 0 spiro atoms. The van der Waals surface area contributed by atoms with Gasteiger partial charge in [0.1, 0.15) is 23.9 Å². The minimum absolute atomic E-state index is 0.119. The standard InChI is InChI=1S/C21H23BrN4O4/c22-19-9-15(13-30-25-19)11-24-20(27)18-6-3-7-26(18)21(28)29-12-14-8-16-4-1-2-5-17(16)23-10-14/h1-2,4-5,8,10,15,18H,3,6-7,9,11-13H2,(H,24,27)/t15?,18-/m0/s1. The summed E-state index contributed by atoms with van der Waals surface area (Å²) in [6, 6.07) is 9.23. The van der Waals surface area contributed by atoms with Gasteiger partial charge in [-0.25, -0.2) is 4.79 Å². The van der Waals surface area contributed by atoms with Crippen molar-refractivity contribution in [3.05, 3.63) is 42.1 Å². The molecule has 2 aromatic rings. The topological polar surface area (TPSA) is 93.1 Å². The van der Waals surface area contributed by atoms with E-state index in [1.165, 1.54) is 4.90 Å². The zero-order chi connectivity index (χ0) is 20.9. The first kappa shape index (κ1) is 20.6. The number of amides is 2. The lowest BCUT2D eigenvalue weighted by Gasteiger charge is -2.25. The van der Waals surface area contributed by atoms with E-state index < -0.39 is 12.1 Å². The lowest BCUT2D eigenvalue weighted by Crippen LogP contribution is -2.47. The van der Waals surface area contributed by atoms with Crippen LogP contribution in [0.2, 0.25) is 0 Å². The van der Waals surface area contributed by atoms with E-state index in [2.05, 4.69) is 31.4 Å². The van der Waals surface area contributed by atoms with Gasteiger partial charge in [-0.05, 0) is 40.9 Å². The summed E-state index contributed by atoms with van der Waals surface area (Å²) >= 11 is 3.32. The van der Waals surface area contributed by atoms with Crippen LogP contribution in [0.4, 0.5) is 4.79 Å². The van der Waals surface area contributed by atoms with Gasteiger partial charge in [-0.3, -0.25) is 14.7 Å². The number of carbonyl (C=O) groups excluding carboxylic acids is 2. The third-order valence-electron chi connectivity index (χ3n) is 5.30. The number of benzene rings is 1. The number of carbonyl (C=O) groups is 2. The van der Waals surface area contributed by atoms with Crippen LogP contribution in [-0.2, 0) is 21.0 Å². The smallest absolute Gasteiger partial charge is 0.410 e. The lowest BCUT2D eigenvalue weighted by molar-refractivity contribution is -0.125. The molecule has 9 heteroatoms. The quantitative estimate of drug-likeness (QED) is 0.717. The lowest BCUT2D eigenvalue weighted by atomic mass is 10.1. The van der Waals surface area contributed by atoms with E-state index in [-0.39, 0.29) is 18.4 Å². The molecular formula is C21H23BrN4O4. The van der Waals surface area contributed by atoms with Crippen LogP contribution in [0.3, 0.4) is 0 Å². The number of fused-ring (bicyclic) bond motifs is 1. The molecule has 2 aliphatic rings. The van der Waals surface area contributed by atoms with Crippen molar-refractivity contribution >= 4 is 43.5 Å². The molecule has 2 amide bonds. The molecule has 8 nitrogen and oxygen atoms in total. The van der Waals surface area contributed by atoms with Crippen molar-refractivity contribution in [1.82, 2.24) is 15.2 Å². The Bertz CT molecular complexity index is 967. The minimum Gasteiger partial charge on any atom is -0.444 e. The Labute approximate surface area is 182 Å². The molecule has 1 saturated heterocycles. The summed E-state index contributed by atoms with van der Waals surface area (Å²) < 4.78 is 6.21. The maximum Gasteiger partial charge on any atom is 0.410 e. The zero-order valence-corrected chi connectivity index (χ0v) is 18.0. The Morgan fingerprint density at radius 1 is 1.33 bits per heavy atom. The van der Waals surface area contributed by atoms with Gasteiger partial charge < -0.3 is 14.9 Å². The fraction of sp³-hybridized carbons (Fsp3) is 0.429. The second-order valence-electron chi connectivity index (χ2n) is 7.52. The monoisotopic (exact) mass is 474 g/mol. The maximum atomic E-state index is 12.7. The summed E-state index contributed by atoms with van der Waals surface area (Å²) in [5.41, 5.74) is 1.71. The molecule has 1 unspecified atom stereocenters. The van der Waals surface area contributed by atoms with Crippen LogP contribution in [0.15, 0.2) is 41.7 Å². The highest BCUT2D eigenvalue weighted by Gasteiger charge is 2.35. The van der Waals surface area contributed by atoms with Gasteiger partial charge in [0.2, 0.25) is 5.91 Å². The second kappa shape index (κ2) is 9.42. The molecule has 1 aromatic heterocycles. The van der Waals surface area contributed by atoms with Gasteiger partial charge in [-0.1, -0.05) is 23.4 Å². The Hall–Kier alpha value is -2.68. The van der Waals surface area contributed by atoms with Gasteiger partial charge in [0, 0.05) is 42.6 Å². The van der Waals surface area contributed by atoms with E-state index in [4.69, 9.17) is 9.57 Å². The van der Waals surface area contributed by atoms with Crippen molar-refractivity contribution in [2.75, 3.05) is 19.7 Å². The fourth-order valence-corrected chi connectivity index (χ4v) is 4.28. The molecular weight excluding hydrogens is 452 g/mol. The maximum absolute atomic E-state index is 12.7. The van der Waals surface area contributed by atoms with Gasteiger partial charge in [0.15, 0.2) is 0 Å². The van der Waals surface area contributed by atoms with E-state index in [0.29, 0.717) is 26.1 Å². The Balaban J connectivity index is 1.30. The molecule has 0 radical (unpaired) electrons. The van der Waals surface area contributed by atoms with Gasteiger partial charge in [0.05, 0.1) is 5.52 Å². The van der Waals surface area contributed by atoms with E-state index in [1.807, 2.05) is 30.3 Å². The number of aromatic nitrogens is 1. The van der Waals surface area contributed by atoms with Crippen LogP contribution < -0.4 is 5.32 Å². The van der Waals surface area contributed by atoms with E-state index in [9.17, 15) is 9.59 Å². The molecule has 2 atom stereocenters. The molecule has 0 saturated carbocycles.